The van der Waals surface area contributed by atoms with E-state index in [1.165, 1.54) is 17.7 Å². The number of carbonyl (C=O) groups is 1. The van der Waals surface area contributed by atoms with E-state index in [-0.39, 0.29) is 17.8 Å². The Morgan fingerprint density at radius 1 is 1.00 bits per heavy atom. The zero-order valence-corrected chi connectivity index (χ0v) is 17.8. The first-order chi connectivity index (χ1) is 14.5. The Labute approximate surface area is 178 Å². The zero-order valence-electron chi connectivity index (χ0n) is 17.8. The summed E-state index contributed by atoms with van der Waals surface area (Å²) in [5, 5.41) is 0. The molecule has 2 saturated heterocycles. The third-order valence-corrected chi connectivity index (χ3v) is 6.50. The fourth-order valence-electron chi connectivity index (χ4n) is 4.55. The van der Waals surface area contributed by atoms with Crippen molar-refractivity contribution in [1.29, 1.82) is 0 Å². The fraction of sp³-hybridized carbons (Fsp3) is 0.458. The highest BCUT2D eigenvalue weighted by molar-refractivity contribution is 5.82. The van der Waals surface area contributed by atoms with Gasteiger partial charge in [0.2, 0.25) is 5.91 Å². The minimum absolute atomic E-state index is 0.116. The largest absolute Gasteiger partial charge is 0.497 e. The molecule has 0 aliphatic carbocycles. The highest BCUT2D eigenvalue weighted by Gasteiger charge is 2.33. The second-order valence-corrected chi connectivity index (χ2v) is 8.22. The van der Waals surface area contributed by atoms with Crippen molar-refractivity contribution in [2.24, 2.45) is 0 Å². The molecule has 0 saturated carbocycles. The molecule has 5 nitrogen and oxygen atoms in total. The smallest absolute Gasteiger partial charge is 0.239 e. The third-order valence-electron chi connectivity index (χ3n) is 6.50. The molecule has 2 aliphatic rings. The Kier molecular flexibility index (Phi) is 6.23. The number of rotatable bonds is 5. The fourth-order valence-corrected chi connectivity index (χ4v) is 4.55. The van der Waals surface area contributed by atoms with Gasteiger partial charge in [-0.25, -0.2) is 4.39 Å². The summed E-state index contributed by atoms with van der Waals surface area (Å²) in [6.07, 6.45) is 1.00. The number of amides is 1. The molecular formula is C24H30FN3O2. The van der Waals surface area contributed by atoms with Crippen LogP contribution in [0.4, 0.5) is 10.1 Å². The highest BCUT2D eigenvalue weighted by atomic mass is 19.1. The molecule has 0 radical (unpaired) electrons. The lowest BCUT2D eigenvalue weighted by Gasteiger charge is -2.39. The van der Waals surface area contributed by atoms with E-state index < -0.39 is 0 Å². The molecule has 30 heavy (non-hydrogen) atoms. The van der Waals surface area contributed by atoms with E-state index in [9.17, 15) is 9.18 Å². The van der Waals surface area contributed by atoms with Gasteiger partial charge in [-0.3, -0.25) is 9.69 Å². The van der Waals surface area contributed by atoms with Crippen LogP contribution in [0.25, 0.3) is 0 Å². The number of hydrogen-bond donors (Lipinski definition) is 0. The van der Waals surface area contributed by atoms with Crippen LogP contribution < -0.4 is 9.64 Å². The summed E-state index contributed by atoms with van der Waals surface area (Å²) in [5.74, 6) is 1.26. The first-order valence-electron chi connectivity index (χ1n) is 10.7. The summed E-state index contributed by atoms with van der Waals surface area (Å²) in [6.45, 7) is 6.98. The van der Waals surface area contributed by atoms with Crippen molar-refractivity contribution >= 4 is 11.6 Å². The lowest BCUT2D eigenvalue weighted by molar-refractivity contribution is -0.135. The normalized spacial score (nSPS) is 21.0. The van der Waals surface area contributed by atoms with Gasteiger partial charge in [0.1, 0.15) is 11.6 Å². The van der Waals surface area contributed by atoms with E-state index in [1.807, 2.05) is 36.1 Å². The summed E-state index contributed by atoms with van der Waals surface area (Å²) in [7, 11) is 1.67. The van der Waals surface area contributed by atoms with Crippen LogP contribution in [0.2, 0.25) is 0 Å². The van der Waals surface area contributed by atoms with Crippen molar-refractivity contribution in [2.75, 3.05) is 51.3 Å². The van der Waals surface area contributed by atoms with Crippen LogP contribution in [0, 0.1) is 5.82 Å². The molecule has 4 rings (SSSR count). The Hall–Kier alpha value is -2.60. The third kappa shape index (κ3) is 4.43. The van der Waals surface area contributed by atoms with Crippen LogP contribution in [0.3, 0.4) is 0 Å². The van der Waals surface area contributed by atoms with Gasteiger partial charge in [0.25, 0.3) is 0 Å². The van der Waals surface area contributed by atoms with Gasteiger partial charge in [-0.2, -0.15) is 0 Å². The molecule has 0 spiro atoms. The molecule has 2 aromatic rings. The van der Waals surface area contributed by atoms with Gasteiger partial charge >= 0.3 is 0 Å². The van der Waals surface area contributed by atoms with Gasteiger partial charge in [-0.15, -0.1) is 0 Å². The van der Waals surface area contributed by atoms with E-state index in [0.29, 0.717) is 5.92 Å². The Balaban J connectivity index is 1.30. The maximum atomic E-state index is 13.2. The predicted octanol–water partition coefficient (Wildman–Crippen LogP) is 3.36. The van der Waals surface area contributed by atoms with Crippen LogP contribution in [-0.4, -0.2) is 68.1 Å². The molecule has 2 unspecified atom stereocenters. The lowest BCUT2D eigenvalue weighted by Crippen LogP contribution is -2.54. The van der Waals surface area contributed by atoms with E-state index in [4.69, 9.17) is 4.74 Å². The number of hydrogen-bond acceptors (Lipinski definition) is 4. The average Bonchev–Trinajstić information content (AvgIpc) is 3.29. The summed E-state index contributed by atoms with van der Waals surface area (Å²) in [4.78, 5) is 19.7. The maximum Gasteiger partial charge on any atom is 0.239 e. The minimum atomic E-state index is -0.213. The number of methoxy groups -OCH3 is 1. The van der Waals surface area contributed by atoms with E-state index in [2.05, 4.69) is 21.9 Å². The number of benzene rings is 2. The number of nitrogens with zero attached hydrogens (tertiary/aromatic N) is 3. The lowest BCUT2D eigenvalue weighted by atomic mass is 9.98. The molecule has 2 heterocycles. The average molecular weight is 412 g/mol. The van der Waals surface area contributed by atoms with Crippen LogP contribution in [0.1, 0.15) is 24.8 Å². The van der Waals surface area contributed by atoms with Crippen molar-refractivity contribution in [3.8, 4) is 5.75 Å². The SMILES string of the molecule is COc1ccc(C2CCN(C(=O)C(C)N3CCN(c4ccc(F)cc4)CC3)C2)cc1. The summed E-state index contributed by atoms with van der Waals surface area (Å²) in [5.41, 5.74) is 2.31. The van der Waals surface area contributed by atoms with E-state index >= 15 is 0 Å². The van der Waals surface area contributed by atoms with Gasteiger partial charge in [0.15, 0.2) is 0 Å². The number of anilines is 1. The molecular weight excluding hydrogens is 381 g/mol. The standard InChI is InChI=1S/C24H30FN3O2/c1-18(26-13-15-27(16-14-26)22-7-5-21(25)6-8-22)24(29)28-12-11-20(17-28)19-3-9-23(30-2)10-4-19/h3-10,18,20H,11-17H2,1-2H3. The molecule has 6 heteroatoms. The highest BCUT2D eigenvalue weighted by Crippen LogP contribution is 2.29. The van der Waals surface area contributed by atoms with Crippen LogP contribution >= 0.6 is 0 Å². The quantitative estimate of drug-likeness (QED) is 0.756. The maximum absolute atomic E-state index is 13.2. The van der Waals surface area contributed by atoms with Crippen molar-refractivity contribution in [1.82, 2.24) is 9.80 Å². The molecule has 2 aliphatic heterocycles. The van der Waals surface area contributed by atoms with Gasteiger partial charge in [0.05, 0.1) is 13.2 Å². The first-order valence-corrected chi connectivity index (χ1v) is 10.7. The van der Waals surface area contributed by atoms with Crippen molar-refractivity contribution in [2.45, 2.75) is 25.3 Å². The first kappa shape index (κ1) is 20.7. The second-order valence-electron chi connectivity index (χ2n) is 8.22. The molecule has 160 valence electrons. The van der Waals surface area contributed by atoms with Gasteiger partial charge in [-0.05, 0) is 55.3 Å². The van der Waals surface area contributed by atoms with Crippen LogP contribution in [0.5, 0.6) is 5.75 Å². The van der Waals surface area contributed by atoms with Crippen molar-refractivity contribution in [3.63, 3.8) is 0 Å². The second kappa shape index (κ2) is 9.04. The van der Waals surface area contributed by atoms with Gasteiger partial charge in [0, 0.05) is 50.9 Å². The topological polar surface area (TPSA) is 36.0 Å². The Bertz CT molecular complexity index is 848. The zero-order chi connectivity index (χ0) is 21.1. The van der Waals surface area contributed by atoms with E-state index in [1.54, 1.807) is 7.11 Å². The van der Waals surface area contributed by atoms with Crippen LogP contribution in [0.15, 0.2) is 48.5 Å². The number of ether oxygens (including phenoxy) is 1. The molecule has 2 fully saturated rings. The Morgan fingerprint density at radius 2 is 1.67 bits per heavy atom. The van der Waals surface area contributed by atoms with Gasteiger partial charge in [-0.1, -0.05) is 12.1 Å². The molecule has 2 atom stereocenters. The van der Waals surface area contributed by atoms with Gasteiger partial charge < -0.3 is 14.5 Å². The van der Waals surface area contributed by atoms with Crippen molar-refractivity contribution < 1.29 is 13.9 Å². The molecule has 0 aromatic heterocycles. The van der Waals surface area contributed by atoms with E-state index in [0.717, 1.165) is 57.1 Å². The monoisotopic (exact) mass is 411 g/mol. The predicted molar refractivity (Wildman–Crippen MR) is 117 cm³/mol. The summed E-state index contributed by atoms with van der Waals surface area (Å²) < 4.78 is 18.4. The summed E-state index contributed by atoms with van der Waals surface area (Å²) >= 11 is 0. The molecule has 2 aromatic carbocycles. The number of piperazine rings is 1. The van der Waals surface area contributed by atoms with Crippen molar-refractivity contribution in [3.05, 3.63) is 59.9 Å². The number of carbonyl (C=O) groups excluding carboxylic acids is 1. The molecule has 0 bridgehead atoms. The number of halogens is 1. The molecule has 1 amide bonds. The minimum Gasteiger partial charge on any atom is -0.497 e. The number of likely N-dealkylation sites (tertiary alicyclic amines) is 1. The molecule has 0 N–H and O–H groups in total. The van der Waals surface area contributed by atoms with Crippen LogP contribution in [-0.2, 0) is 4.79 Å². The Morgan fingerprint density at radius 3 is 2.30 bits per heavy atom. The summed E-state index contributed by atoms with van der Waals surface area (Å²) in [6, 6.07) is 14.7.